The number of nitrogens with zero attached hydrogens (tertiary/aromatic N) is 4. The maximum atomic E-state index is 6.22. The normalized spacial score (nSPS) is 11.7. The van der Waals surface area contributed by atoms with Gasteiger partial charge < -0.3 is 0 Å². The monoisotopic (exact) mass is 1530 g/mol. The number of hydrogen-bond donors (Lipinski definition) is 0. The van der Waals surface area contributed by atoms with E-state index in [1.54, 1.807) is 0 Å². The van der Waals surface area contributed by atoms with E-state index in [2.05, 4.69) is 482 Å². The minimum atomic E-state index is -3.75. The fourth-order valence-electron chi connectivity index (χ4n) is 18.4. The maximum Gasteiger partial charge on any atom is 0.237 e. The Morgan fingerprint density at radius 2 is 0.390 bits per heavy atom. The number of hydrogen-bond acceptors (Lipinski definition) is 2. The number of fused-ring (bicyclic) bond motifs is 6. The van der Waals surface area contributed by atoms with Crippen LogP contribution in [-0.2, 0) is 0 Å². The minimum absolute atomic E-state index is 0.556. The Morgan fingerprint density at radius 3 is 0.695 bits per heavy atom. The predicted molar refractivity (Wildman–Crippen MR) is 501 cm³/mol. The Hall–Kier alpha value is -14.9. The van der Waals surface area contributed by atoms with Gasteiger partial charge in [0, 0.05) is 33.2 Å². The average molecular weight is 1540 g/mol. The van der Waals surface area contributed by atoms with Crippen LogP contribution in [0.3, 0.4) is 0 Å². The first-order valence-electron chi connectivity index (χ1n) is 40.6. The fourth-order valence-corrected chi connectivity index (χ4v) is 28.1. The van der Waals surface area contributed by atoms with Crippen LogP contribution >= 0.6 is 0 Å². The highest BCUT2D eigenvalue weighted by Gasteiger charge is 2.47. The highest BCUT2D eigenvalue weighted by molar-refractivity contribution is 7.22. The zero-order chi connectivity index (χ0) is 78.4. The van der Waals surface area contributed by atoms with E-state index in [1.165, 1.54) is 41.5 Å². The van der Waals surface area contributed by atoms with Gasteiger partial charge in [0.1, 0.15) is 5.82 Å². The lowest BCUT2D eigenvalue weighted by Gasteiger charge is -2.39. The molecule has 0 aliphatic rings. The van der Waals surface area contributed by atoms with Gasteiger partial charge in [-0.3, -0.25) is 9.13 Å². The third-order valence-electron chi connectivity index (χ3n) is 24.1. The lowest BCUT2D eigenvalue weighted by atomic mass is 10.0. The van der Waals surface area contributed by atoms with Crippen LogP contribution in [0, 0.1) is 0 Å². The molecule has 4 nitrogen and oxygen atoms in total. The lowest BCUT2D eigenvalue weighted by molar-refractivity contribution is 0.952. The lowest BCUT2D eigenvalue weighted by Crippen LogP contribution is -2.78. The van der Waals surface area contributed by atoms with Crippen molar-refractivity contribution in [2.75, 3.05) is 0 Å². The van der Waals surface area contributed by atoms with E-state index in [-0.39, 0.29) is 0 Å². The summed E-state index contributed by atoms with van der Waals surface area (Å²) in [6.07, 6.45) is 0. The largest absolute Gasteiger partial charge is 0.294 e. The summed E-state index contributed by atoms with van der Waals surface area (Å²) in [6, 6.07) is 177. The molecule has 0 N–H and O–H groups in total. The van der Waals surface area contributed by atoms with Gasteiger partial charge in [-0.1, -0.05) is 437 Å². The van der Waals surface area contributed by atoms with Crippen molar-refractivity contribution in [1.82, 2.24) is 19.1 Å². The summed E-state index contributed by atoms with van der Waals surface area (Å²) < 4.78 is 4.69. The average Bonchev–Trinajstić information content (AvgIpc) is 1.39. The van der Waals surface area contributed by atoms with Gasteiger partial charge in [-0.25, -0.2) is 4.98 Å². The van der Waals surface area contributed by atoms with Crippen LogP contribution in [0.25, 0.3) is 145 Å². The van der Waals surface area contributed by atoms with Crippen LogP contribution in [0.15, 0.2) is 473 Å². The van der Waals surface area contributed by atoms with E-state index >= 15 is 0 Å². The van der Waals surface area contributed by atoms with Gasteiger partial charge in [0.15, 0.2) is 16.1 Å². The first kappa shape index (κ1) is 70.9. The van der Waals surface area contributed by atoms with Gasteiger partial charge in [-0.2, -0.15) is 4.98 Å². The van der Waals surface area contributed by atoms with E-state index in [9.17, 15) is 0 Å². The molecule has 0 unspecified atom stereocenters. The van der Waals surface area contributed by atoms with Crippen LogP contribution in [0.5, 0.6) is 0 Å². The van der Waals surface area contributed by atoms with Crippen LogP contribution < -0.4 is 41.5 Å². The van der Waals surface area contributed by atoms with Crippen molar-refractivity contribution in [3.05, 3.63) is 473 Å². The van der Waals surface area contributed by atoms with Gasteiger partial charge in [-0.05, 0) is 150 Å². The third kappa shape index (κ3) is 12.6. The number of para-hydroxylation sites is 3. The summed E-state index contributed by atoms with van der Waals surface area (Å²) in [5.41, 5.74) is 22.0. The summed E-state index contributed by atoms with van der Waals surface area (Å²) >= 11 is 0. The summed E-state index contributed by atoms with van der Waals surface area (Å²) in [5, 5.41) is 14.4. The second kappa shape index (κ2) is 30.4. The molecule has 0 aliphatic heterocycles. The van der Waals surface area contributed by atoms with Gasteiger partial charge in [0.2, 0.25) is 5.95 Å². The van der Waals surface area contributed by atoms with Gasteiger partial charge in [-0.15, -0.1) is 0 Å². The number of benzene rings is 18. The van der Waals surface area contributed by atoms with Crippen LogP contribution in [0.1, 0.15) is 0 Å². The molecule has 0 fully saturated rings. The summed E-state index contributed by atoms with van der Waals surface area (Å²) in [5.74, 6) is 1.30. The van der Waals surface area contributed by atoms with Gasteiger partial charge >= 0.3 is 0 Å². The van der Waals surface area contributed by atoms with E-state index in [1.807, 2.05) is 0 Å². The van der Waals surface area contributed by atoms with Crippen LogP contribution in [0.4, 0.5) is 0 Å². The standard InChI is InChI=1S/C112H78N4Si2/c1-8-28-79(29-9-1)86-48-61-94(62-49-86)117(95-63-50-87(51-64-95)80-30-10-2-11-31-80,96-65-52-88(53-66-96)81-32-12-3-13-33-81)100-74-93(106-78-111(115-107-45-25-22-42-102(107)103-43-23-26-46-108(103)115)114-112(113-106)116-109-47-27-24-44-104(109)105-76-92(60-73-110(105)116)85-40-20-7-21-41-85)75-101(77-100)118(97-67-54-89(55-68-97)82-34-14-4-15-35-82,98-69-56-90(57-70-98)83-36-16-5-17-37-83)99-71-58-91(59-72-99)84-38-18-6-19-39-84/h1-78H. The molecule has 0 atom stereocenters. The topological polar surface area (TPSA) is 35.6 Å². The van der Waals surface area contributed by atoms with Crippen molar-refractivity contribution in [3.8, 4) is 101 Å². The van der Waals surface area contributed by atoms with Crippen molar-refractivity contribution < 1.29 is 0 Å². The molecular formula is C112H78N4Si2. The Morgan fingerprint density at radius 1 is 0.153 bits per heavy atom. The minimum Gasteiger partial charge on any atom is -0.294 e. The molecule has 0 saturated carbocycles. The molecule has 21 aromatic rings. The molecule has 118 heavy (non-hydrogen) atoms. The Balaban J connectivity index is 0.933. The molecule has 554 valence electrons. The molecule has 0 amide bonds. The highest BCUT2D eigenvalue weighted by Crippen LogP contribution is 2.39. The first-order chi connectivity index (χ1) is 58.5. The molecule has 18 aromatic carbocycles. The van der Waals surface area contributed by atoms with E-state index in [0.717, 1.165) is 139 Å². The molecular weight excluding hydrogens is 1460 g/mol. The molecule has 3 aromatic heterocycles. The van der Waals surface area contributed by atoms with E-state index in [4.69, 9.17) is 9.97 Å². The van der Waals surface area contributed by atoms with E-state index in [0.29, 0.717) is 5.95 Å². The number of aromatic nitrogens is 4. The SMILES string of the molecule is c1ccc(-c2ccc([Si](c3ccc(-c4ccccc4)cc3)(c3ccc(-c4ccccc4)cc3)c3cc(-c4cc(-n5c6ccccc6c6ccccc65)nc(-n5c6ccccc6c6cc(-c7ccccc7)ccc65)n4)cc([Si](c4ccc(-c5ccccc5)cc4)(c4ccc(-c5ccccc5)cc4)c4ccc(-c5ccccc5)cc4)c3)cc2)cc1. The summed E-state index contributed by atoms with van der Waals surface area (Å²) in [7, 11) is -7.50. The van der Waals surface area contributed by atoms with Crippen LogP contribution in [0.2, 0.25) is 0 Å². The molecule has 0 saturated heterocycles. The van der Waals surface area contributed by atoms with E-state index < -0.39 is 16.1 Å². The second-order valence-electron chi connectivity index (χ2n) is 30.7. The van der Waals surface area contributed by atoms with Crippen molar-refractivity contribution in [2.45, 2.75) is 0 Å². The molecule has 0 spiro atoms. The first-order valence-corrected chi connectivity index (χ1v) is 44.6. The Kier molecular flexibility index (Phi) is 18.3. The molecule has 0 radical (unpaired) electrons. The van der Waals surface area contributed by atoms with Crippen molar-refractivity contribution in [2.24, 2.45) is 0 Å². The fraction of sp³-hybridized carbons (Fsp3) is 0. The second-order valence-corrected chi connectivity index (χ2v) is 38.3. The Labute approximate surface area is 689 Å². The Bertz CT molecular complexity index is 6460. The van der Waals surface area contributed by atoms with Crippen molar-refractivity contribution in [1.29, 1.82) is 0 Å². The summed E-state index contributed by atoms with van der Waals surface area (Å²) in [6.45, 7) is 0. The molecule has 0 bridgehead atoms. The third-order valence-corrected chi connectivity index (χ3v) is 33.6. The molecule has 6 heteroatoms. The predicted octanol–water partition coefficient (Wildman–Crippen LogP) is 22.8. The van der Waals surface area contributed by atoms with Crippen LogP contribution in [-0.4, -0.2) is 35.2 Å². The number of rotatable bonds is 18. The molecule has 0 aliphatic carbocycles. The smallest absolute Gasteiger partial charge is 0.237 e. The van der Waals surface area contributed by atoms with Gasteiger partial charge in [0.05, 0.1) is 27.8 Å². The molecule has 21 rings (SSSR count). The molecule has 3 heterocycles. The quantitative estimate of drug-likeness (QED) is 0.0634. The highest BCUT2D eigenvalue weighted by atomic mass is 28.3. The van der Waals surface area contributed by atoms with Crippen molar-refractivity contribution in [3.63, 3.8) is 0 Å². The summed E-state index contributed by atoms with van der Waals surface area (Å²) in [4.78, 5) is 12.2. The zero-order valence-electron chi connectivity index (χ0n) is 64.8. The maximum absolute atomic E-state index is 6.22. The zero-order valence-corrected chi connectivity index (χ0v) is 66.8. The van der Waals surface area contributed by atoms with Crippen molar-refractivity contribution >= 4 is 101 Å². The van der Waals surface area contributed by atoms with Gasteiger partial charge in [0.25, 0.3) is 0 Å².